The topological polar surface area (TPSA) is 57.6 Å². The Morgan fingerprint density at radius 2 is 2.18 bits per heavy atom. The van der Waals surface area contributed by atoms with E-state index in [2.05, 4.69) is 15.9 Å². The molecule has 0 unspecified atom stereocenters. The molecule has 1 heterocycles. The molecule has 1 aromatic rings. The third-order valence-corrected chi connectivity index (χ3v) is 5.83. The smallest absolute Gasteiger partial charge is 0.243 e. The molecular formula is C11H14BrNO3S. The Balaban J connectivity index is 2.42. The minimum atomic E-state index is -3.48. The number of β-amino-alcohol motifs (C(OH)–C–C–N with tert-alkyl or cyclic N) is 1. The van der Waals surface area contributed by atoms with Crippen LogP contribution in [0.15, 0.2) is 27.6 Å². The van der Waals surface area contributed by atoms with Crippen molar-refractivity contribution in [3.8, 4) is 0 Å². The monoisotopic (exact) mass is 319 g/mol. The highest BCUT2D eigenvalue weighted by Crippen LogP contribution is 2.27. The van der Waals surface area contributed by atoms with Gasteiger partial charge in [-0.2, -0.15) is 4.31 Å². The van der Waals surface area contributed by atoms with Crippen molar-refractivity contribution in [3.63, 3.8) is 0 Å². The number of halogens is 1. The van der Waals surface area contributed by atoms with Crippen molar-refractivity contribution < 1.29 is 13.5 Å². The number of aliphatic hydroxyl groups excluding tert-OH is 1. The Morgan fingerprint density at radius 3 is 2.76 bits per heavy atom. The largest absolute Gasteiger partial charge is 0.392 e. The van der Waals surface area contributed by atoms with Crippen LogP contribution in [0.4, 0.5) is 0 Å². The summed E-state index contributed by atoms with van der Waals surface area (Å²) in [5.74, 6) is 0. The van der Waals surface area contributed by atoms with Gasteiger partial charge in [0.15, 0.2) is 0 Å². The molecule has 1 saturated heterocycles. The fraction of sp³-hybridized carbons (Fsp3) is 0.455. The molecule has 94 valence electrons. The molecule has 6 heteroatoms. The molecule has 17 heavy (non-hydrogen) atoms. The highest BCUT2D eigenvalue weighted by Gasteiger charge is 2.32. The van der Waals surface area contributed by atoms with Gasteiger partial charge in [0.1, 0.15) is 0 Å². The quantitative estimate of drug-likeness (QED) is 0.899. The average molecular weight is 320 g/mol. The molecule has 0 spiro atoms. The lowest BCUT2D eigenvalue weighted by molar-refractivity contribution is 0.189. The molecule has 0 amide bonds. The number of hydrogen-bond donors (Lipinski definition) is 1. The molecule has 1 N–H and O–H groups in total. The summed E-state index contributed by atoms with van der Waals surface area (Å²) >= 11 is 3.33. The third-order valence-electron chi connectivity index (χ3n) is 2.96. The number of hydrogen-bond acceptors (Lipinski definition) is 3. The zero-order chi connectivity index (χ0) is 12.6. The van der Waals surface area contributed by atoms with Crippen molar-refractivity contribution in [3.05, 3.63) is 28.2 Å². The van der Waals surface area contributed by atoms with E-state index in [9.17, 15) is 13.5 Å². The van der Waals surface area contributed by atoms with Crippen molar-refractivity contribution in [2.24, 2.45) is 0 Å². The van der Waals surface area contributed by atoms with Crippen molar-refractivity contribution in [1.82, 2.24) is 4.31 Å². The molecule has 1 aliphatic heterocycles. The van der Waals surface area contributed by atoms with E-state index >= 15 is 0 Å². The van der Waals surface area contributed by atoms with Crippen LogP contribution < -0.4 is 0 Å². The third kappa shape index (κ3) is 2.40. The van der Waals surface area contributed by atoms with Crippen LogP contribution >= 0.6 is 15.9 Å². The highest BCUT2D eigenvalue weighted by atomic mass is 79.9. The van der Waals surface area contributed by atoms with Crippen LogP contribution in [0.3, 0.4) is 0 Å². The highest BCUT2D eigenvalue weighted by molar-refractivity contribution is 9.10. The Kier molecular flexibility index (Phi) is 3.58. The summed E-state index contributed by atoms with van der Waals surface area (Å²) in [4.78, 5) is 0.306. The molecule has 0 aliphatic carbocycles. The van der Waals surface area contributed by atoms with E-state index in [-0.39, 0.29) is 6.54 Å². The Labute approximate surface area is 109 Å². The van der Waals surface area contributed by atoms with Gasteiger partial charge in [-0.15, -0.1) is 0 Å². The maximum atomic E-state index is 12.3. The van der Waals surface area contributed by atoms with Gasteiger partial charge >= 0.3 is 0 Å². The molecular weight excluding hydrogens is 306 g/mol. The maximum absolute atomic E-state index is 12.3. The first-order valence-electron chi connectivity index (χ1n) is 5.36. The predicted molar refractivity (Wildman–Crippen MR) is 68.3 cm³/mol. The van der Waals surface area contributed by atoms with Gasteiger partial charge in [-0.3, -0.25) is 0 Å². The van der Waals surface area contributed by atoms with Gasteiger partial charge in [-0.25, -0.2) is 8.42 Å². The number of rotatable bonds is 2. The van der Waals surface area contributed by atoms with E-state index < -0.39 is 16.1 Å². The van der Waals surface area contributed by atoms with E-state index in [1.807, 2.05) is 6.07 Å². The van der Waals surface area contributed by atoms with Gasteiger partial charge in [0.2, 0.25) is 10.0 Å². The summed E-state index contributed by atoms with van der Waals surface area (Å²) in [7, 11) is -3.48. The van der Waals surface area contributed by atoms with Gasteiger partial charge in [-0.05, 0) is 31.0 Å². The van der Waals surface area contributed by atoms with Crippen molar-refractivity contribution in [2.45, 2.75) is 24.3 Å². The Morgan fingerprint density at radius 1 is 1.47 bits per heavy atom. The summed E-state index contributed by atoms with van der Waals surface area (Å²) in [5.41, 5.74) is 0.703. The first-order valence-corrected chi connectivity index (χ1v) is 7.59. The van der Waals surface area contributed by atoms with Gasteiger partial charge < -0.3 is 5.11 Å². The Hall–Kier alpha value is -0.430. The van der Waals surface area contributed by atoms with E-state index in [1.54, 1.807) is 19.1 Å². The van der Waals surface area contributed by atoms with E-state index in [4.69, 9.17) is 0 Å². The molecule has 2 rings (SSSR count). The minimum absolute atomic E-state index is 0.189. The molecule has 1 aromatic carbocycles. The van der Waals surface area contributed by atoms with Crippen LogP contribution in [0, 0.1) is 6.92 Å². The second kappa shape index (κ2) is 4.68. The fourth-order valence-corrected chi connectivity index (χ4v) is 4.17. The van der Waals surface area contributed by atoms with Crippen molar-refractivity contribution in [1.29, 1.82) is 0 Å². The van der Waals surface area contributed by atoms with Crippen LogP contribution in [-0.2, 0) is 10.0 Å². The van der Waals surface area contributed by atoms with Crippen LogP contribution in [0.5, 0.6) is 0 Å². The lowest BCUT2D eigenvalue weighted by Gasteiger charge is -2.17. The maximum Gasteiger partial charge on any atom is 0.243 e. The van der Waals surface area contributed by atoms with E-state index in [0.717, 1.165) is 4.47 Å². The fourth-order valence-electron chi connectivity index (χ4n) is 1.94. The van der Waals surface area contributed by atoms with E-state index in [0.29, 0.717) is 23.4 Å². The normalized spacial score (nSPS) is 21.9. The molecule has 1 fully saturated rings. The van der Waals surface area contributed by atoms with Crippen LogP contribution in [-0.4, -0.2) is 37.0 Å². The zero-order valence-corrected chi connectivity index (χ0v) is 11.8. The number of aliphatic hydroxyl groups is 1. The molecule has 0 aromatic heterocycles. The molecule has 0 bridgehead atoms. The van der Waals surface area contributed by atoms with Crippen LogP contribution in [0.25, 0.3) is 0 Å². The summed E-state index contributed by atoms with van der Waals surface area (Å²) in [6, 6.07) is 5.11. The predicted octanol–water partition coefficient (Wildman–Crippen LogP) is 1.51. The van der Waals surface area contributed by atoms with Gasteiger partial charge in [0.05, 0.1) is 11.0 Å². The lowest BCUT2D eigenvalue weighted by atomic mass is 10.2. The van der Waals surface area contributed by atoms with Crippen molar-refractivity contribution in [2.75, 3.05) is 13.1 Å². The first-order chi connectivity index (χ1) is 7.93. The number of sulfonamides is 1. The van der Waals surface area contributed by atoms with Crippen molar-refractivity contribution >= 4 is 26.0 Å². The summed E-state index contributed by atoms with van der Waals surface area (Å²) in [5, 5.41) is 9.42. The molecule has 4 nitrogen and oxygen atoms in total. The van der Waals surface area contributed by atoms with Gasteiger partial charge in [0.25, 0.3) is 0 Å². The second-order valence-corrected chi connectivity index (χ2v) is 6.93. The first kappa shape index (κ1) is 13.0. The average Bonchev–Trinajstić information content (AvgIpc) is 2.69. The molecule has 0 radical (unpaired) electrons. The molecule has 1 aliphatic rings. The van der Waals surface area contributed by atoms with Crippen LogP contribution in [0.1, 0.15) is 12.0 Å². The summed E-state index contributed by atoms with van der Waals surface area (Å²) in [6.45, 7) is 2.34. The summed E-state index contributed by atoms with van der Waals surface area (Å²) in [6.07, 6.45) is -0.0380. The van der Waals surface area contributed by atoms with E-state index in [1.165, 1.54) is 4.31 Å². The molecule has 0 saturated carbocycles. The van der Waals surface area contributed by atoms with Gasteiger partial charge in [0, 0.05) is 17.6 Å². The summed E-state index contributed by atoms with van der Waals surface area (Å²) < 4.78 is 26.8. The lowest BCUT2D eigenvalue weighted by Crippen LogP contribution is -2.30. The minimum Gasteiger partial charge on any atom is -0.392 e. The molecule has 1 atom stereocenters. The number of nitrogens with zero attached hydrogens (tertiary/aromatic N) is 1. The number of benzene rings is 1. The SMILES string of the molecule is Cc1c(Br)cccc1S(=O)(=O)N1CC[C@@H](O)C1. The second-order valence-electron chi connectivity index (χ2n) is 4.17. The van der Waals surface area contributed by atoms with Gasteiger partial charge in [-0.1, -0.05) is 22.0 Å². The zero-order valence-electron chi connectivity index (χ0n) is 9.43. The Bertz CT molecular complexity index is 530. The standard InChI is InChI=1S/C11H14BrNO3S/c1-8-10(12)3-2-4-11(8)17(15,16)13-6-5-9(14)7-13/h2-4,9,14H,5-7H2,1H3/t9-/m1/s1. The van der Waals surface area contributed by atoms with Crippen LogP contribution in [0.2, 0.25) is 0 Å².